The number of benzene rings is 1. The Bertz CT molecular complexity index is 663. The minimum absolute atomic E-state index is 0.387. The van der Waals surface area contributed by atoms with E-state index in [0.717, 1.165) is 12.1 Å². The minimum atomic E-state index is -4.33. The van der Waals surface area contributed by atoms with Crippen LogP contribution in [0.2, 0.25) is 0 Å². The first-order valence-corrected chi connectivity index (χ1v) is 6.27. The summed E-state index contributed by atoms with van der Waals surface area (Å²) in [6.45, 7) is 3.68. The van der Waals surface area contributed by atoms with Crippen LogP contribution in [0.3, 0.4) is 0 Å². The van der Waals surface area contributed by atoms with Crippen LogP contribution >= 0.6 is 0 Å². The second-order valence-corrected chi connectivity index (χ2v) is 5.02. The Morgan fingerprint density at radius 1 is 0.905 bits per heavy atom. The topological polar surface area (TPSA) is 25.8 Å². The fourth-order valence-corrected chi connectivity index (χ4v) is 1.72. The highest BCUT2D eigenvalue weighted by atomic mass is 19.4. The number of hydrogen-bond acceptors (Lipinski definition) is 2. The molecule has 2 aromatic rings. The summed E-state index contributed by atoms with van der Waals surface area (Å²) in [6, 6.07) is 6.72. The lowest BCUT2D eigenvalue weighted by atomic mass is 9.85. The quantitative estimate of drug-likeness (QED) is 0.746. The second-order valence-electron chi connectivity index (χ2n) is 5.02. The number of aromatic nitrogens is 2. The molecule has 0 fully saturated rings. The molecule has 0 aliphatic rings. The summed E-state index contributed by atoms with van der Waals surface area (Å²) < 4.78 is 37.6. The van der Waals surface area contributed by atoms with Gasteiger partial charge in [-0.3, -0.25) is 0 Å². The summed E-state index contributed by atoms with van der Waals surface area (Å²) >= 11 is 0. The average Bonchev–Trinajstić information content (AvgIpc) is 2.46. The van der Waals surface area contributed by atoms with Crippen LogP contribution in [-0.4, -0.2) is 9.97 Å². The third-order valence-corrected chi connectivity index (χ3v) is 2.99. The molecule has 0 bridgehead atoms. The van der Waals surface area contributed by atoms with Crippen molar-refractivity contribution in [1.29, 1.82) is 0 Å². The third-order valence-electron chi connectivity index (χ3n) is 2.99. The van der Waals surface area contributed by atoms with Gasteiger partial charge in [-0.05, 0) is 43.5 Å². The summed E-state index contributed by atoms with van der Waals surface area (Å²) in [7, 11) is 0. The van der Waals surface area contributed by atoms with Crippen LogP contribution in [0.5, 0.6) is 0 Å². The lowest BCUT2D eigenvalue weighted by molar-refractivity contribution is -0.137. The largest absolute Gasteiger partial charge is 0.416 e. The molecule has 0 unspecified atom stereocenters. The van der Waals surface area contributed by atoms with Crippen molar-refractivity contribution < 1.29 is 13.2 Å². The Morgan fingerprint density at radius 3 is 1.95 bits per heavy atom. The van der Waals surface area contributed by atoms with Gasteiger partial charge in [0.25, 0.3) is 0 Å². The molecule has 21 heavy (non-hydrogen) atoms. The first-order valence-electron chi connectivity index (χ1n) is 6.27. The molecule has 2 nitrogen and oxygen atoms in total. The van der Waals surface area contributed by atoms with E-state index >= 15 is 0 Å². The predicted octanol–water partition coefficient (Wildman–Crippen LogP) is 3.82. The van der Waals surface area contributed by atoms with E-state index in [4.69, 9.17) is 0 Å². The van der Waals surface area contributed by atoms with Gasteiger partial charge in [-0.15, -0.1) is 0 Å². The van der Waals surface area contributed by atoms with Crippen LogP contribution < -0.4 is 0 Å². The fraction of sp³-hybridized carbons (Fsp3) is 0.250. The molecule has 108 valence electrons. The van der Waals surface area contributed by atoms with Crippen molar-refractivity contribution in [1.82, 2.24) is 9.97 Å². The number of hydrogen-bond donors (Lipinski definition) is 0. The predicted molar refractivity (Wildman–Crippen MR) is 73.4 cm³/mol. The summed E-state index contributed by atoms with van der Waals surface area (Å²) in [5, 5.41) is 0. The van der Waals surface area contributed by atoms with Gasteiger partial charge < -0.3 is 0 Å². The smallest absolute Gasteiger partial charge is 0.229 e. The molecule has 2 rings (SSSR count). The lowest BCUT2D eigenvalue weighted by Crippen LogP contribution is -2.15. The molecule has 1 heterocycles. The molecule has 1 aromatic carbocycles. The van der Waals surface area contributed by atoms with Crippen molar-refractivity contribution in [2.45, 2.75) is 25.4 Å². The normalized spacial score (nSPS) is 11.7. The molecule has 0 saturated heterocycles. The van der Waals surface area contributed by atoms with Gasteiger partial charge in [0.05, 0.1) is 11.0 Å². The number of nitrogens with zero attached hydrogens (tertiary/aromatic N) is 2. The minimum Gasteiger partial charge on any atom is -0.229 e. The Morgan fingerprint density at radius 2 is 1.43 bits per heavy atom. The van der Waals surface area contributed by atoms with Crippen LogP contribution in [0.25, 0.3) is 0 Å². The molecule has 0 N–H and O–H groups in total. The highest BCUT2D eigenvalue weighted by Gasteiger charge is 2.30. The van der Waals surface area contributed by atoms with E-state index < -0.39 is 17.2 Å². The average molecular weight is 290 g/mol. The Hall–Kier alpha value is -2.35. The molecule has 0 aliphatic carbocycles. The van der Waals surface area contributed by atoms with Crippen molar-refractivity contribution in [2.24, 2.45) is 0 Å². The van der Waals surface area contributed by atoms with Gasteiger partial charge in [0.2, 0.25) is 5.82 Å². The maximum absolute atomic E-state index is 12.5. The van der Waals surface area contributed by atoms with Crippen LogP contribution in [0, 0.1) is 11.8 Å². The molecule has 0 saturated carbocycles. The zero-order valence-corrected chi connectivity index (χ0v) is 11.6. The molecule has 0 aliphatic heterocycles. The van der Waals surface area contributed by atoms with E-state index in [1.165, 1.54) is 12.1 Å². The summed E-state index contributed by atoms with van der Waals surface area (Å²) in [5.74, 6) is 6.21. The number of alkyl halides is 3. The van der Waals surface area contributed by atoms with Crippen LogP contribution in [0.1, 0.15) is 30.8 Å². The molecule has 0 atom stereocenters. The van der Waals surface area contributed by atoms with Crippen LogP contribution in [-0.2, 0) is 11.6 Å². The van der Waals surface area contributed by atoms with Gasteiger partial charge in [-0.25, -0.2) is 9.97 Å². The van der Waals surface area contributed by atoms with Gasteiger partial charge in [0.15, 0.2) is 0 Å². The van der Waals surface area contributed by atoms with Crippen LogP contribution in [0.4, 0.5) is 13.2 Å². The summed E-state index contributed by atoms with van der Waals surface area (Å²) in [5.41, 5.74) is -0.552. The molecule has 0 amide bonds. The fourth-order valence-electron chi connectivity index (χ4n) is 1.72. The van der Waals surface area contributed by atoms with E-state index in [9.17, 15) is 13.2 Å². The third kappa shape index (κ3) is 3.82. The number of halogens is 3. The Kier molecular flexibility index (Phi) is 3.99. The Labute approximate surface area is 121 Å². The molecule has 1 aromatic heterocycles. The second kappa shape index (κ2) is 5.57. The van der Waals surface area contributed by atoms with E-state index in [1.807, 2.05) is 13.8 Å². The van der Waals surface area contributed by atoms with Gasteiger partial charge in [-0.1, -0.05) is 18.1 Å². The SMILES string of the molecule is CC(C)(C#Cc1ncccn1)c1ccc(C(F)(F)F)cc1. The maximum Gasteiger partial charge on any atom is 0.416 e. The maximum atomic E-state index is 12.5. The standard InChI is InChI=1S/C16H13F3N2/c1-15(2,9-8-14-20-10-3-11-21-14)12-4-6-13(7-5-12)16(17,18)19/h3-7,10-11H,1-2H3. The van der Waals surface area contributed by atoms with E-state index in [0.29, 0.717) is 11.4 Å². The molecule has 5 heteroatoms. The van der Waals surface area contributed by atoms with E-state index in [2.05, 4.69) is 21.8 Å². The van der Waals surface area contributed by atoms with Crippen molar-refractivity contribution in [3.63, 3.8) is 0 Å². The van der Waals surface area contributed by atoms with Crippen molar-refractivity contribution in [2.75, 3.05) is 0 Å². The van der Waals surface area contributed by atoms with Crippen molar-refractivity contribution >= 4 is 0 Å². The number of rotatable bonds is 1. The van der Waals surface area contributed by atoms with E-state index in [-0.39, 0.29) is 0 Å². The monoisotopic (exact) mass is 290 g/mol. The Balaban J connectivity index is 2.26. The zero-order chi connectivity index (χ0) is 15.5. The molecule has 0 radical (unpaired) electrons. The van der Waals surface area contributed by atoms with Gasteiger partial charge in [0, 0.05) is 12.4 Å². The molecular weight excluding hydrogens is 277 g/mol. The highest BCUT2D eigenvalue weighted by molar-refractivity contribution is 5.38. The first-order chi connectivity index (χ1) is 9.79. The van der Waals surface area contributed by atoms with Crippen LogP contribution in [0.15, 0.2) is 42.7 Å². The van der Waals surface area contributed by atoms with Gasteiger partial charge >= 0.3 is 6.18 Å². The van der Waals surface area contributed by atoms with Gasteiger partial charge in [0.1, 0.15) is 0 Å². The summed E-state index contributed by atoms with van der Waals surface area (Å²) in [4.78, 5) is 7.98. The molecular formula is C16H13F3N2. The van der Waals surface area contributed by atoms with Crippen molar-refractivity contribution in [3.8, 4) is 11.8 Å². The molecule has 0 spiro atoms. The van der Waals surface area contributed by atoms with Crippen molar-refractivity contribution in [3.05, 3.63) is 59.7 Å². The lowest BCUT2D eigenvalue weighted by Gasteiger charge is -2.19. The first kappa shape index (κ1) is 15.0. The van der Waals surface area contributed by atoms with Gasteiger partial charge in [-0.2, -0.15) is 13.2 Å². The zero-order valence-electron chi connectivity index (χ0n) is 11.6. The summed E-state index contributed by atoms with van der Waals surface area (Å²) in [6.07, 6.45) is -1.16. The highest BCUT2D eigenvalue weighted by Crippen LogP contribution is 2.31. The van der Waals surface area contributed by atoms with E-state index in [1.54, 1.807) is 18.5 Å².